The highest BCUT2D eigenvalue weighted by Gasteiger charge is 2.30. The van der Waals surface area contributed by atoms with Crippen molar-refractivity contribution in [2.75, 3.05) is 5.32 Å². The Bertz CT molecular complexity index is 1710. The molecule has 0 aliphatic heterocycles. The SMILES string of the molecule is CC(=O)Nc1c(S(=O)(=O)c2ccccc2)oc2nc(-c3ccccc3Cl)c(-c3ccc(Cl)cc3)cc12. The number of carbonyl (C=O) groups excluding carboxylic acids is 1. The molecule has 0 atom stereocenters. The number of hydrogen-bond acceptors (Lipinski definition) is 5. The van der Waals surface area contributed by atoms with E-state index in [1.54, 1.807) is 48.5 Å². The van der Waals surface area contributed by atoms with Gasteiger partial charge in [0.2, 0.25) is 26.6 Å². The van der Waals surface area contributed by atoms with Gasteiger partial charge in [-0.25, -0.2) is 13.4 Å². The number of halogens is 2. The Morgan fingerprint density at radius 3 is 2.22 bits per heavy atom. The lowest BCUT2D eigenvalue weighted by molar-refractivity contribution is -0.114. The Hall–Kier alpha value is -3.65. The number of nitrogens with zero attached hydrogens (tertiary/aromatic N) is 1. The zero-order chi connectivity index (χ0) is 25.4. The zero-order valence-electron chi connectivity index (χ0n) is 18.8. The van der Waals surface area contributed by atoms with Crippen molar-refractivity contribution in [2.45, 2.75) is 16.9 Å². The number of amides is 1. The van der Waals surface area contributed by atoms with E-state index in [9.17, 15) is 13.2 Å². The maximum atomic E-state index is 13.5. The van der Waals surface area contributed by atoms with Crippen LogP contribution in [0.15, 0.2) is 99.3 Å². The molecular formula is C27H18Cl2N2O4S. The monoisotopic (exact) mass is 536 g/mol. The van der Waals surface area contributed by atoms with Crippen LogP contribution in [0.1, 0.15) is 6.92 Å². The topological polar surface area (TPSA) is 89.3 Å². The molecule has 0 fully saturated rings. The van der Waals surface area contributed by atoms with Crippen LogP contribution in [-0.2, 0) is 14.6 Å². The largest absolute Gasteiger partial charge is 0.424 e. The number of carbonyl (C=O) groups is 1. The van der Waals surface area contributed by atoms with Crippen molar-refractivity contribution in [1.82, 2.24) is 4.98 Å². The van der Waals surface area contributed by atoms with Crippen LogP contribution in [0.3, 0.4) is 0 Å². The molecule has 5 aromatic rings. The van der Waals surface area contributed by atoms with Gasteiger partial charge in [-0.2, -0.15) is 0 Å². The normalized spacial score (nSPS) is 11.5. The van der Waals surface area contributed by atoms with E-state index < -0.39 is 20.8 Å². The molecule has 0 radical (unpaired) electrons. The van der Waals surface area contributed by atoms with E-state index >= 15 is 0 Å². The highest BCUT2D eigenvalue weighted by Crippen LogP contribution is 2.42. The Morgan fingerprint density at radius 1 is 0.889 bits per heavy atom. The van der Waals surface area contributed by atoms with Crippen LogP contribution in [0.4, 0.5) is 5.69 Å². The summed E-state index contributed by atoms with van der Waals surface area (Å²) in [5.74, 6) is -0.453. The molecule has 9 heteroatoms. The summed E-state index contributed by atoms with van der Waals surface area (Å²) in [6, 6.07) is 23.9. The van der Waals surface area contributed by atoms with Gasteiger partial charge in [0.1, 0.15) is 5.69 Å². The first kappa shape index (κ1) is 24.1. The zero-order valence-corrected chi connectivity index (χ0v) is 21.2. The van der Waals surface area contributed by atoms with Crippen molar-refractivity contribution < 1.29 is 17.6 Å². The number of hydrogen-bond donors (Lipinski definition) is 1. The molecule has 2 heterocycles. The van der Waals surface area contributed by atoms with E-state index in [2.05, 4.69) is 5.32 Å². The Kier molecular flexibility index (Phi) is 6.30. The van der Waals surface area contributed by atoms with Gasteiger partial charge >= 0.3 is 0 Å². The van der Waals surface area contributed by atoms with Gasteiger partial charge in [-0.05, 0) is 42.0 Å². The van der Waals surface area contributed by atoms with Crippen molar-refractivity contribution in [3.05, 3.63) is 95.0 Å². The van der Waals surface area contributed by atoms with Crippen LogP contribution in [0.2, 0.25) is 10.0 Å². The number of nitrogens with one attached hydrogen (secondary N) is 1. The third-order valence-corrected chi connectivity index (χ3v) is 7.78. The molecule has 3 aromatic carbocycles. The smallest absolute Gasteiger partial charge is 0.249 e. The lowest BCUT2D eigenvalue weighted by Gasteiger charge is -2.11. The van der Waals surface area contributed by atoms with Crippen LogP contribution >= 0.6 is 23.2 Å². The minimum Gasteiger partial charge on any atom is -0.424 e. The molecule has 2 aromatic heterocycles. The van der Waals surface area contributed by atoms with E-state index in [1.807, 2.05) is 24.3 Å². The number of anilines is 1. The van der Waals surface area contributed by atoms with Crippen molar-refractivity contribution in [1.29, 1.82) is 0 Å². The molecule has 6 nitrogen and oxygen atoms in total. The second-order valence-electron chi connectivity index (χ2n) is 7.99. The maximum absolute atomic E-state index is 13.5. The van der Waals surface area contributed by atoms with Crippen molar-refractivity contribution >= 4 is 55.7 Å². The van der Waals surface area contributed by atoms with E-state index in [-0.39, 0.29) is 16.3 Å². The summed E-state index contributed by atoms with van der Waals surface area (Å²) in [4.78, 5) is 16.8. The number of aromatic nitrogens is 1. The number of sulfone groups is 1. The first-order chi connectivity index (χ1) is 17.3. The molecule has 36 heavy (non-hydrogen) atoms. The number of furan rings is 1. The standard InChI is InChI=1S/C27H18Cl2N2O4S/c1-16(32)30-25-22-15-21(17-11-13-18(28)14-12-17)24(20-9-5-6-10-23(20)29)31-26(22)35-27(25)36(33,34)19-7-3-2-4-8-19/h2-15H,1H3,(H,30,32). The van der Waals surface area contributed by atoms with Gasteiger partial charge < -0.3 is 9.73 Å². The van der Waals surface area contributed by atoms with Crippen molar-refractivity contribution in [3.63, 3.8) is 0 Å². The van der Waals surface area contributed by atoms with Gasteiger partial charge in [0, 0.05) is 28.1 Å². The van der Waals surface area contributed by atoms with Gasteiger partial charge in [0.25, 0.3) is 0 Å². The molecule has 0 unspecified atom stereocenters. The summed E-state index contributed by atoms with van der Waals surface area (Å²) in [5, 5.41) is 3.59. The minimum absolute atomic E-state index is 0.0229. The van der Waals surface area contributed by atoms with Crippen LogP contribution < -0.4 is 5.32 Å². The molecule has 1 amide bonds. The van der Waals surface area contributed by atoms with Crippen LogP contribution in [0.5, 0.6) is 0 Å². The van der Waals surface area contributed by atoms with Crippen molar-refractivity contribution in [2.24, 2.45) is 0 Å². The van der Waals surface area contributed by atoms with Gasteiger partial charge in [-0.1, -0.05) is 71.7 Å². The Morgan fingerprint density at radius 2 is 1.56 bits per heavy atom. The quantitative estimate of drug-likeness (QED) is 0.255. The molecule has 0 saturated heterocycles. The molecule has 180 valence electrons. The van der Waals surface area contributed by atoms with Crippen LogP contribution in [-0.4, -0.2) is 19.3 Å². The third-order valence-electron chi connectivity index (χ3n) is 5.53. The van der Waals surface area contributed by atoms with Gasteiger partial charge in [0.05, 0.1) is 16.0 Å². The molecule has 0 aliphatic rings. The number of fused-ring (bicyclic) bond motifs is 1. The average molecular weight is 537 g/mol. The molecule has 1 N–H and O–H groups in total. The van der Waals surface area contributed by atoms with E-state index in [1.165, 1.54) is 19.1 Å². The van der Waals surface area contributed by atoms with Gasteiger partial charge in [-0.15, -0.1) is 0 Å². The second kappa shape index (κ2) is 9.43. The first-order valence-electron chi connectivity index (χ1n) is 10.8. The number of rotatable bonds is 5. The maximum Gasteiger partial charge on any atom is 0.249 e. The number of pyridine rings is 1. The second-order valence-corrected chi connectivity index (χ2v) is 10.7. The fourth-order valence-electron chi connectivity index (χ4n) is 3.90. The molecular weight excluding hydrogens is 519 g/mol. The predicted octanol–water partition coefficient (Wildman–Crippen LogP) is 7.26. The molecule has 0 saturated carbocycles. The fraction of sp³-hybridized carbons (Fsp3) is 0.0370. The Balaban J connectivity index is 1.85. The van der Waals surface area contributed by atoms with E-state index in [0.29, 0.717) is 32.3 Å². The predicted molar refractivity (Wildman–Crippen MR) is 141 cm³/mol. The van der Waals surface area contributed by atoms with Crippen LogP contribution in [0, 0.1) is 0 Å². The van der Waals surface area contributed by atoms with Crippen molar-refractivity contribution in [3.8, 4) is 22.4 Å². The molecule has 0 spiro atoms. The highest BCUT2D eigenvalue weighted by atomic mass is 35.5. The molecule has 5 rings (SSSR count). The van der Waals surface area contributed by atoms with Crippen LogP contribution in [0.25, 0.3) is 33.5 Å². The first-order valence-corrected chi connectivity index (χ1v) is 13.1. The average Bonchev–Trinajstić information content (AvgIpc) is 3.22. The van der Waals surface area contributed by atoms with Gasteiger partial charge in [-0.3, -0.25) is 4.79 Å². The fourth-order valence-corrected chi connectivity index (χ4v) is 5.60. The summed E-state index contributed by atoms with van der Waals surface area (Å²) in [5.41, 5.74) is 2.61. The minimum atomic E-state index is -4.11. The van der Waals surface area contributed by atoms with E-state index in [4.69, 9.17) is 32.6 Å². The summed E-state index contributed by atoms with van der Waals surface area (Å²) in [7, 11) is -4.11. The highest BCUT2D eigenvalue weighted by molar-refractivity contribution is 7.91. The Labute approximate surface area is 217 Å². The molecule has 0 aliphatic carbocycles. The molecule has 0 bridgehead atoms. The number of benzene rings is 3. The lowest BCUT2D eigenvalue weighted by atomic mass is 9.98. The summed E-state index contributed by atoms with van der Waals surface area (Å²) in [6.07, 6.45) is 0. The third kappa shape index (κ3) is 4.37. The summed E-state index contributed by atoms with van der Waals surface area (Å²) < 4.78 is 32.9. The lowest BCUT2D eigenvalue weighted by Crippen LogP contribution is -2.10. The van der Waals surface area contributed by atoms with E-state index in [0.717, 1.165) is 5.56 Å². The van der Waals surface area contributed by atoms with Gasteiger partial charge in [0.15, 0.2) is 0 Å². The summed E-state index contributed by atoms with van der Waals surface area (Å²) in [6.45, 7) is 1.30. The summed E-state index contributed by atoms with van der Waals surface area (Å²) >= 11 is 12.6.